The molecule has 0 unspecified atom stereocenters. The Morgan fingerprint density at radius 2 is 1.69 bits per heavy atom. The standard InChI is InChI=1S/C31H39ClN8O8/c1-17-27(42)38-22(28(43)36-10-7-33)14-18-3-5-24(47-11-8-34)20(13-18)21-15-19(4-6-25(21)48-12-9-35)26(29(44)37-17)40(2)30(45)23(16-41)39-31(32)46/h3-6,13,15,17,22-23,26,41H,8-12,14,16,34-35H2,1-2H3,(H,36,43)(H,37,44)(H,38,42)(H,39,46)/t17-,22-,23-,26-/m0/s1. The van der Waals surface area contributed by atoms with Crippen LogP contribution in [-0.4, -0.2) is 104 Å². The van der Waals surface area contributed by atoms with Gasteiger partial charge < -0.3 is 52.2 Å². The highest BCUT2D eigenvalue weighted by Crippen LogP contribution is 2.40. The van der Waals surface area contributed by atoms with Crippen molar-refractivity contribution in [3.05, 3.63) is 47.5 Å². The number of benzene rings is 2. The molecule has 0 saturated carbocycles. The quantitative estimate of drug-likeness (QED) is 0.0812. The van der Waals surface area contributed by atoms with Gasteiger partial charge in [0.05, 0.1) is 12.7 Å². The second kappa shape index (κ2) is 17.8. The average molecular weight is 687 g/mol. The van der Waals surface area contributed by atoms with Crippen LogP contribution in [0.2, 0.25) is 0 Å². The highest BCUT2D eigenvalue weighted by atomic mass is 35.5. The van der Waals surface area contributed by atoms with Gasteiger partial charge >= 0.3 is 5.37 Å². The maximum Gasteiger partial charge on any atom is 0.314 e. The lowest BCUT2D eigenvalue weighted by Gasteiger charge is -2.32. The van der Waals surface area contributed by atoms with Crippen LogP contribution in [0.5, 0.6) is 11.5 Å². The number of hydrogen-bond acceptors (Lipinski definition) is 11. The SMILES string of the molecule is C[C@@H]1NC(=O)[C@@H](N(C)C(=O)[C@H](CO)NC(=O)Cl)c2ccc(OCCN)c(c2)-c2cc(ccc2OCCN)C[C@@H](C(=O)NCC#N)NC1=O. The monoisotopic (exact) mass is 686 g/mol. The van der Waals surface area contributed by atoms with Crippen molar-refractivity contribution in [2.24, 2.45) is 11.5 Å². The number of amides is 5. The van der Waals surface area contributed by atoms with Gasteiger partial charge in [0.2, 0.25) is 23.6 Å². The lowest BCUT2D eigenvalue weighted by atomic mass is 9.93. The molecule has 0 aromatic heterocycles. The van der Waals surface area contributed by atoms with Gasteiger partial charge in [0.15, 0.2) is 0 Å². The molecule has 1 heterocycles. The Bertz CT molecular complexity index is 1550. The van der Waals surface area contributed by atoms with Crippen LogP contribution in [0.3, 0.4) is 0 Å². The lowest BCUT2D eigenvalue weighted by molar-refractivity contribution is -0.142. The first-order valence-corrected chi connectivity index (χ1v) is 15.3. The molecule has 3 rings (SSSR count). The number of nitrogens with one attached hydrogen (secondary N) is 4. The highest BCUT2D eigenvalue weighted by Gasteiger charge is 2.35. The molecule has 0 radical (unpaired) electrons. The van der Waals surface area contributed by atoms with Gasteiger partial charge in [0.25, 0.3) is 0 Å². The number of hydrogen-bond donors (Lipinski definition) is 7. The van der Waals surface area contributed by atoms with Crippen LogP contribution in [0.15, 0.2) is 36.4 Å². The fraction of sp³-hybridized carbons (Fsp3) is 0.419. The number of likely N-dealkylation sites (N-methyl/N-ethyl adjacent to an activating group) is 1. The predicted octanol–water partition coefficient (Wildman–Crippen LogP) is -0.977. The van der Waals surface area contributed by atoms with Crippen LogP contribution >= 0.6 is 11.6 Å². The van der Waals surface area contributed by atoms with Gasteiger partial charge in [-0.2, -0.15) is 5.26 Å². The molecule has 2 aromatic carbocycles. The predicted molar refractivity (Wildman–Crippen MR) is 174 cm³/mol. The minimum atomic E-state index is -1.49. The van der Waals surface area contributed by atoms with E-state index in [4.69, 9.17) is 37.8 Å². The van der Waals surface area contributed by atoms with E-state index in [1.165, 1.54) is 14.0 Å². The van der Waals surface area contributed by atoms with Gasteiger partial charge in [-0.3, -0.25) is 24.0 Å². The normalized spacial score (nSPS) is 18.1. The summed E-state index contributed by atoms with van der Waals surface area (Å²) in [5, 5.41) is 27.5. The molecule has 1 aliphatic heterocycles. The number of ether oxygens (including phenoxy) is 2. The summed E-state index contributed by atoms with van der Waals surface area (Å²) in [5.41, 5.74) is 13.2. The molecular formula is C31H39ClN8O8. The summed E-state index contributed by atoms with van der Waals surface area (Å²) in [5.74, 6) is -2.29. The lowest BCUT2D eigenvalue weighted by Crippen LogP contribution is -2.56. The van der Waals surface area contributed by atoms with E-state index < -0.39 is 59.8 Å². The molecule has 0 fully saturated rings. The van der Waals surface area contributed by atoms with Gasteiger partial charge in [-0.25, -0.2) is 0 Å². The summed E-state index contributed by atoms with van der Waals surface area (Å²) in [6.07, 6.45) is 0.00121. The number of rotatable bonds is 12. The van der Waals surface area contributed by atoms with E-state index in [-0.39, 0.29) is 44.8 Å². The van der Waals surface area contributed by atoms with Gasteiger partial charge in [0.1, 0.15) is 55.4 Å². The van der Waals surface area contributed by atoms with E-state index in [2.05, 4.69) is 21.3 Å². The maximum atomic E-state index is 14.0. The first kappa shape index (κ1) is 37.5. The average Bonchev–Trinajstić information content (AvgIpc) is 3.06. The van der Waals surface area contributed by atoms with Crippen LogP contribution < -0.4 is 42.2 Å². The molecule has 2 aromatic rings. The Balaban J connectivity index is 2.31. The third-order valence-corrected chi connectivity index (χ3v) is 7.43. The minimum Gasteiger partial charge on any atom is -0.492 e. The van der Waals surface area contributed by atoms with Gasteiger partial charge in [-0.1, -0.05) is 12.1 Å². The zero-order valence-electron chi connectivity index (χ0n) is 26.5. The number of aliphatic hydroxyl groups is 1. The minimum absolute atomic E-state index is 0.00121. The van der Waals surface area contributed by atoms with Gasteiger partial charge in [0, 0.05) is 37.7 Å². The number of nitriles is 1. The maximum absolute atomic E-state index is 14.0. The second-order valence-corrected chi connectivity index (χ2v) is 11.1. The second-order valence-electron chi connectivity index (χ2n) is 10.7. The fourth-order valence-corrected chi connectivity index (χ4v) is 5.16. The molecule has 48 heavy (non-hydrogen) atoms. The molecule has 17 heteroatoms. The van der Waals surface area contributed by atoms with E-state index in [9.17, 15) is 29.1 Å². The van der Waals surface area contributed by atoms with Gasteiger partial charge in [-0.15, -0.1) is 0 Å². The zero-order chi connectivity index (χ0) is 35.4. The highest BCUT2D eigenvalue weighted by molar-refractivity contribution is 6.63. The number of nitrogens with two attached hydrogens (primary N) is 2. The number of fused-ring (bicyclic) bond motifs is 5. The first-order valence-electron chi connectivity index (χ1n) is 15.0. The Morgan fingerprint density at radius 3 is 2.27 bits per heavy atom. The molecule has 0 spiro atoms. The first-order chi connectivity index (χ1) is 22.9. The van der Waals surface area contributed by atoms with Crippen molar-refractivity contribution < 1.29 is 38.6 Å². The smallest absolute Gasteiger partial charge is 0.314 e. The summed E-state index contributed by atoms with van der Waals surface area (Å²) >= 11 is 5.42. The fourth-order valence-electron chi connectivity index (χ4n) is 5.03. The molecule has 1 aliphatic rings. The molecule has 258 valence electrons. The Labute approximate surface area is 282 Å². The van der Waals surface area contributed by atoms with E-state index >= 15 is 0 Å². The van der Waals surface area contributed by atoms with Crippen LogP contribution in [0.25, 0.3) is 11.1 Å². The number of nitrogens with zero attached hydrogens (tertiary/aromatic N) is 2. The van der Waals surface area contributed by atoms with Crippen LogP contribution in [0.1, 0.15) is 24.1 Å². The summed E-state index contributed by atoms with van der Waals surface area (Å²) in [6.45, 7) is 0.933. The molecule has 9 N–H and O–H groups in total. The number of carbonyl (C=O) groups excluding carboxylic acids is 5. The molecule has 0 saturated heterocycles. The molecule has 0 aliphatic carbocycles. The Kier molecular flexibility index (Phi) is 13.9. The van der Waals surface area contributed by atoms with Crippen LogP contribution in [0, 0.1) is 11.3 Å². The van der Waals surface area contributed by atoms with Crippen molar-refractivity contribution in [2.45, 2.75) is 37.5 Å². The largest absolute Gasteiger partial charge is 0.492 e. The molecule has 4 atom stereocenters. The summed E-state index contributed by atoms with van der Waals surface area (Å²) in [6, 6.07) is 6.40. The molecule has 5 amide bonds. The van der Waals surface area contributed by atoms with Crippen molar-refractivity contribution in [2.75, 3.05) is 46.5 Å². The van der Waals surface area contributed by atoms with E-state index in [1.54, 1.807) is 36.4 Å². The Hall–Kier alpha value is -4.95. The van der Waals surface area contributed by atoms with Crippen molar-refractivity contribution in [3.63, 3.8) is 0 Å². The van der Waals surface area contributed by atoms with Crippen molar-refractivity contribution >= 4 is 40.6 Å². The van der Waals surface area contributed by atoms with E-state index in [0.717, 1.165) is 4.90 Å². The van der Waals surface area contributed by atoms with Crippen LogP contribution in [-0.2, 0) is 25.6 Å². The summed E-state index contributed by atoms with van der Waals surface area (Å²) in [7, 11) is 1.29. The van der Waals surface area contributed by atoms with Gasteiger partial charge in [-0.05, 0) is 53.9 Å². The third-order valence-electron chi connectivity index (χ3n) is 7.32. The zero-order valence-corrected chi connectivity index (χ0v) is 27.2. The molecule has 16 nitrogen and oxygen atoms in total. The number of aliphatic hydroxyl groups excluding tert-OH is 1. The summed E-state index contributed by atoms with van der Waals surface area (Å²) in [4.78, 5) is 66.4. The Morgan fingerprint density at radius 1 is 1.06 bits per heavy atom. The van der Waals surface area contributed by atoms with Crippen LogP contribution in [0.4, 0.5) is 4.79 Å². The van der Waals surface area contributed by atoms with Crippen molar-refractivity contribution in [3.8, 4) is 28.7 Å². The third kappa shape index (κ3) is 9.55. The topological polar surface area (TPSA) is 251 Å². The molecule has 4 bridgehead atoms. The summed E-state index contributed by atoms with van der Waals surface area (Å²) < 4.78 is 11.9. The number of carbonyl (C=O) groups is 5. The number of halogens is 1. The van der Waals surface area contributed by atoms with E-state index in [0.29, 0.717) is 28.2 Å². The van der Waals surface area contributed by atoms with Crippen molar-refractivity contribution in [1.29, 1.82) is 5.26 Å². The van der Waals surface area contributed by atoms with E-state index in [1.807, 2.05) is 6.07 Å². The molecular weight excluding hydrogens is 648 g/mol. The van der Waals surface area contributed by atoms with Crippen molar-refractivity contribution in [1.82, 2.24) is 26.2 Å².